The molecule has 4 bridgehead atoms. The molecule has 0 radical (unpaired) electrons. The number of carbonyl (C=O) groups excluding carboxylic acids is 2. The van der Waals surface area contributed by atoms with Crippen molar-refractivity contribution in [1.29, 1.82) is 0 Å². The second kappa shape index (κ2) is 11.0. The molecule has 4 aliphatic rings. The summed E-state index contributed by atoms with van der Waals surface area (Å²) in [7, 11) is 0. The third kappa shape index (κ3) is 6.55. The number of carbonyl (C=O) groups is 3. The molecule has 36 heavy (non-hydrogen) atoms. The van der Waals surface area contributed by atoms with E-state index in [2.05, 4.69) is 29.6 Å². The van der Waals surface area contributed by atoms with Gasteiger partial charge in [-0.15, -0.1) is 11.8 Å². The van der Waals surface area contributed by atoms with E-state index in [1.165, 1.54) is 43.9 Å². The van der Waals surface area contributed by atoms with Gasteiger partial charge in [0.05, 0.1) is 12.0 Å². The van der Waals surface area contributed by atoms with Crippen molar-refractivity contribution in [3.05, 3.63) is 5.76 Å². The number of rotatable bonds is 12. The lowest BCUT2D eigenvalue weighted by Gasteiger charge is -2.54. The summed E-state index contributed by atoms with van der Waals surface area (Å²) < 4.78 is 11.5. The number of carboxylic acid groups (broad SMARTS) is 1. The van der Waals surface area contributed by atoms with Gasteiger partial charge in [0.2, 0.25) is 11.7 Å². The first-order valence-electron chi connectivity index (χ1n) is 13.1. The Morgan fingerprint density at radius 3 is 2.33 bits per heavy atom. The summed E-state index contributed by atoms with van der Waals surface area (Å²) in [6, 6.07) is 0.197. The van der Waals surface area contributed by atoms with Gasteiger partial charge in [-0.1, -0.05) is 13.8 Å². The third-order valence-corrected chi connectivity index (χ3v) is 9.01. The second-order valence-electron chi connectivity index (χ2n) is 11.9. The number of aromatic nitrogens is 1. The summed E-state index contributed by atoms with van der Waals surface area (Å²) in [4.78, 5) is 36.8. The van der Waals surface area contributed by atoms with Crippen molar-refractivity contribution < 1.29 is 28.8 Å². The molecule has 200 valence electrons. The van der Waals surface area contributed by atoms with Gasteiger partial charge in [-0.05, 0) is 80.7 Å². The van der Waals surface area contributed by atoms with Crippen LogP contribution >= 0.6 is 11.8 Å². The molecule has 0 unspecified atom stereocenters. The van der Waals surface area contributed by atoms with Crippen LogP contribution < -0.4 is 15.4 Å². The van der Waals surface area contributed by atoms with Crippen LogP contribution in [0.5, 0.6) is 5.88 Å². The summed E-state index contributed by atoms with van der Waals surface area (Å²) >= 11 is 1.49. The molecule has 5 rings (SSSR count). The number of hydrogen-bond donors (Lipinski definition) is 3. The van der Waals surface area contributed by atoms with Crippen LogP contribution in [0.2, 0.25) is 0 Å². The molecule has 9 nitrogen and oxygen atoms in total. The van der Waals surface area contributed by atoms with E-state index in [4.69, 9.17) is 14.4 Å². The van der Waals surface area contributed by atoms with Crippen LogP contribution in [0.25, 0.3) is 0 Å². The highest BCUT2D eigenvalue weighted by atomic mass is 32.2. The molecule has 4 fully saturated rings. The van der Waals surface area contributed by atoms with Crippen LogP contribution in [0.3, 0.4) is 0 Å². The molecule has 2 amide bonds. The second-order valence-corrected chi connectivity index (χ2v) is 12.9. The predicted molar refractivity (Wildman–Crippen MR) is 135 cm³/mol. The van der Waals surface area contributed by atoms with Gasteiger partial charge >= 0.3 is 5.97 Å². The minimum Gasteiger partial charge on any atom is -0.481 e. The van der Waals surface area contributed by atoms with Crippen molar-refractivity contribution in [2.75, 3.05) is 12.4 Å². The fourth-order valence-electron chi connectivity index (χ4n) is 6.20. The van der Waals surface area contributed by atoms with Crippen LogP contribution in [0.15, 0.2) is 9.42 Å². The number of nitrogens with one attached hydrogen (secondary N) is 2. The van der Waals surface area contributed by atoms with Gasteiger partial charge in [0.25, 0.3) is 11.8 Å². The number of amides is 2. The van der Waals surface area contributed by atoms with E-state index < -0.39 is 11.5 Å². The van der Waals surface area contributed by atoms with Crippen molar-refractivity contribution in [3.63, 3.8) is 0 Å². The van der Waals surface area contributed by atoms with Gasteiger partial charge in [0.15, 0.2) is 0 Å². The summed E-state index contributed by atoms with van der Waals surface area (Å²) in [5.74, 6) is 2.74. The Hall–Kier alpha value is -2.23. The van der Waals surface area contributed by atoms with Crippen molar-refractivity contribution in [3.8, 4) is 5.88 Å². The smallest absolute Gasteiger partial charge is 0.303 e. The Kier molecular flexibility index (Phi) is 8.22. The maximum atomic E-state index is 13.4. The maximum absolute atomic E-state index is 13.4. The van der Waals surface area contributed by atoms with Crippen LogP contribution in [-0.2, 0) is 9.59 Å². The zero-order valence-corrected chi connectivity index (χ0v) is 22.5. The lowest BCUT2D eigenvalue weighted by atomic mass is 9.54. The Morgan fingerprint density at radius 1 is 1.11 bits per heavy atom. The molecule has 0 spiro atoms. The van der Waals surface area contributed by atoms with Gasteiger partial charge in [0.1, 0.15) is 11.5 Å². The third-order valence-electron chi connectivity index (χ3n) is 7.53. The fraction of sp³-hybridized carbons (Fsp3) is 0.769. The molecule has 4 aliphatic carbocycles. The molecule has 3 N–H and O–H groups in total. The normalized spacial score (nSPS) is 26.8. The summed E-state index contributed by atoms with van der Waals surface area (Å²) in [5, 5.41) is 18.9. The van der Waals surface area contributed by atoms with E-state index in [0.29, 0.717) is 22.6 Å². The highest BCUT2D eigenvalue weighted by Gasteiger charge is 2.49. The number of carboxylic acids is 1. The zero-order valence-electron chi connectivity index (χ0n) is 21.7. The highest BCUT2D eigenvalue weighted by molar-refractivity contribution is 7.99. The first kappa shape index (κ1) is 26.8. The van der Waals surface area contributed by atoms with Crippen molar-refractivity contribution >= 4 is 29.5 Å². The summed E-state index contributed by atoms with van der Waals surface area (Å²) in [6.07, 6.45) is 5.88. The van der Waals surface area contributed by atoms with Gasteiger partial charge in [-0.25, -0.2) is 0 Å². The standard InChI is InChI=1S/C26H39N3O6S/c1-14(2)12-36-23-22(24(33)27-21-17-8-15-7-16(10-17)11-18(21)9-15)35-29-25(23)34-13-26(3,4)28-19(30)5-6-20(31)32/h14-18,21H,5-13H2,1-4H3,(H,27,33)(H,28,30)(H,31,32). The molecular formula is C26H39N3O6S. The largest absolute Gasteiger partial charge is 0.481 e. The van der Waals surface area contributed by atoms with Crippen molar-refractivity contribution in [1.82, 2.24) is 15.8 Å². The van der Waals surface area contributed by atoms with Gasteiger partial charge in [-0.2, -0.15) is 0 Å². The van der Waals surface area contributed by atoms with Gasteiger partial charge < -0.3 is 25.0 Å². The topological polar surface area (TPSA) is 131 Å². The van der Waals surface area contributed by atoms with Gasteiger partial charge in [-0.3, -0.25) is 14.4 Å². The average Bonchev–Trinajstić information content (AvgIpc) is 3.19. The Labute approximate surface area is 216 Å². The molecule has 1 aromatic rings. The van der Waals surface area contributed by atoms with Crippen LogP contribution in [-0.4, -0.2) is 52.0 Å². The van der Waals surface area contributed by atoms with E-state index in [0.717, 1.165) is 17.6 Å². The van der Waals surface area contributed by atoms with E-state index in [1.807, 2.05) is 0 Å². The molecule has 0 atom stereocenters. The monoisotopic (exact) mass is 521 g/mol. The average molecular weight is 522 g/mol. The maximum Gasteiger partial charge on any atom is 0.303 e. The molecule has 4 saturated carbocycles. The minimum atomic E-state index is -1.02. The first-order valence-corrected chi connectivity index (χ1v) is 14.1. The number of nitrogens with zero attached hydrogens (tertiary/aromatic N) is 1. The quantitative estimate of drug-likeness (QED) is 0.350. The molecule has 0 saturated heterocycles. The summed E-state index contributed by atoms with van der Waals surface area (Å²) in [5.41, 5.74) is -0.767. The summed E-state index contributed by atoms with van der Waals surface area (Å²) in [6.45, 7) is 7.86. The zero-order chi connectivity index (χ0) is 26.0. The SMILES string of the molecule is CC(C)CSc1c(OCC(C)(C)NC(=O)CCC(=O)O)noc1C(=O)NC1C2CC3CC(C2)CC1C3. The lowest BCUT2D eigenvalue weighted by molar-refractivity contribution is -0.139. The van der Waals surface area contributed by atoms with Crippen LogP contribution in [0.4, 0.5) is 0 Å². The molecule has 0 aromatic carbocycles. The van der Waals surface area contributed by atoms with Gasteiger partial charge in [0, 0.05) is 18.2 Å². The Bertz CT molecular complexity index is 947. The number of thioether (sulfide) groups is 1. The fourth-order valence-corrected chi connectivity index (χ4v) is 7.18. The predicted octanol–water partition coefficient (Wildman–Crippen LogP) is 4.12. The molecular weight excluding hydrogens is 482 g/mol. The number of hydrogen-bond acceptors (Lipinski definition) is 7. The Balaban J connectivity index is 1.41. The first-order chi connectivity index (χ1) is 17.0. The number of ether oxygens (including phenoxy) is 1. The molecule has 1 aromatic heterocycles. The van der Waals surface area contributed by atoms with Crippen molar-refractivity contribution in [2.24, 2.45) is 29.6 Å². The minimum absolute atomic E-state index is 0.0875. The molecule has 10 heteroatoms. The molecule has 1 heterocycles. The van der Waals surface area contributed by atoms with Crippen LogP contribution in [0, 0.1) is 29.6 Å². The molecule has 0 aliphatic heterocycles. The van der Waals surface area contributed by atoms with E-state index in [-0.39, 0.29) is 48.9 Å². The van der Waals surface area contributed by atoms with E-state index in [9.17, 15) is 14.4 Å². The number of aliphatic carboxylic acids is 1. The van der Waals surface area contributed by atoms with E-state index >= 15 is 0 Å². The lowest BCUT2D eigenvalue weighted by Crippen LogP contribution is -2.55. The van der Waals surface area contributed by atoms with Crippen molar-refractivity contribution in [2.45, 2.75) is 89.1 Å². The van der Waals surface area contributed by atoms with Crippen LogP contribution in [0.1, 0.15) is 83.2 Å². The highest BCUT2D eigenvalue weighted by Crippen LogP contribution is 2.53. The Morgan fingerprint density at radius 2 is 1.75 bits per heavy atom. The van der Waals surface area contributed by atoms with E-state index in [1.54, 1.807) is 13.8 Å².